The van der Waals surface area contributed by atoms with E-state index in [-0.39, 0.29) is 11.6 Å². The van der Waals surface area contributed by atoms with Gasteiger partial charge in [0, 0.05) is 6.42 Å². The second-order valence-corrected chi connectivity index (χ2v) is 7.66. The lowest BCUT2D eigenvalue weighted by atomic mass is 9.92. The summed E-state index contributed by atoms with van der Waals surface area (Å²) in [6.45, 7) is 4.46. The molecule has 0 saturated heterocycles. The van der Waals surface area contributed by atoms with Crippen LogP contribution in [0.4, 0.5) is 17.6 Å². The first kappa shape index (κ1) is 24.9. The Kier molecular flexibility index (Phi) is 9.11. The summed E-state index contributed by atoms with van der Waals surface area (Å²) in [6, 6.07) is 12.2. The van der Waals surface area contributed by atoms with Gasteiger partial charge in [0.2, 0.25) is 0 Å². The largest absolute Gasteiger partial charge is 0.512 e. The lowest BCUT2D eigenvalue weighted by molar-refractivity contribution is -0.186. The van der Waals surface area contributed by atoms with E-state index in [1.807, 2.05) is 32.0 Å². The molecular weight excluding hydrogens is 408 g/mol. The van der Waals surface area contributed by atoms with Crippen molar-refractivity contribution < 1.29 is 27.4 Å². The highest BCUT2D eigenvalue weighted by atomic mass is 19.4. The summed E-state index contributed by atoms with van der Waals surface area (Å²) < 4.78 is 55.3. The Labute approximate surface area is 181 Å². The van der Waals surface area contributed by atoms with Gasteiger partial charge in [-0.1, -0.05) is 38.1 Å². The maximum absolute atomic E-state index is 13.2. The third-order valence-electron chi connectivity index (χ3n) is 5.32. The first-order valence-electron chi connectivity index (χ1n) is 10.6. The number of ether oxygens (including phenoxy) is 1. The Balaban J connectivity index is 2.13. The topological polar surface area (TPSA) is 29.5 Å². The second-order valence-electron chi connectivity index (χ2n) is 7.66. The third-order valence-corrected chi connectivity index (χ3v) is 5.32. The van der Waals surface area contributed by atoms with Crippen molar-refractivity contribution in [3.63, 3.8) is 0 Å². The molecule has 1 N–H and O–H groups in total. The molecule has 1 atom stereocenters. The highest BCUT2D eigenvalue weighted by Gasteiger charge is 2.28. The van der Waals surface area contributed by atoms with Gasteiger partial charge in [0.15, 0.2) is 0 Å². The minimum Gasteiger partial charge on any atom is -0.512 e. The molecule has 2 rings (SSSR count). The van der Waals surface area contributed by atoms with Gasteiger partial charge in [-0.3, -0.25) is 0 Å². The molecular formula is C25H30F4O2. The van der Waals surface area contributed by atoms with Crippen molar-refractivity contribution in [1.29, 1.82) is 0 Å². The van der Waals surface area contributed by atoms with Crippen molar-refractivity contribution in [3.8, 4) is 11.1 Å². The number of aliphatic hydroxyl groups excluding tert-OH is 1. The van der Waals surface area contributed by atoms with Gasteiger partial charge in [-0.25, -0.2) is 4.39 Å². The highest BCUT2D eigenvalue weighted by Crippen LogP contribution is 2.31. The summed E-state index contributed by atoms with van der Waals surface area (Å²) in [5, 5.41) is 10.7. The minimum absolute atomic E-state index is 0.243. The molecule has 0 bridgehead atoms. The van der Waals surface area contributed by atoms with Crippen molar-refractivity contribution in [2.75, 3.05) is 6.61 Å². The van der Waals surface area contributed by atoms with E-state index in [9.17, 15) is 22.7 Å². The molecule has 6 heteroatoms. The molecule has 2 nitrogen and oxygen atoms in total. The molecule has 0 amide bonds. The Bertz CT molecular complexity index is 870. The molecule has 0 aromatic heterocycles. The van der Waals surface area contributed by atoms with Gasteiger partial charge in [0.25, 0.3) is 0 Å². The summed E-state index contributed by atoms with van der Waals surface area (Å²) in [5.41, 5.74) is 4.54. The monoisotopic (exact) mass is 438 g/mol. The van der Waals surface area contributed by atoms with E-state index in [0.29, 0.717) is 32.1 Å². The predicted molar refractivity (Wildman–Crippen MR) is 116 cm³/mol. The fourth-order valence-electron chi connectivity index (χ4n) is 3.58. The molecule has 0 aliphatic carbocycles. The van der Waals surface area contributed by atoms with E-state index in [0.717, 1.165) is 27.8 Å². The number of hydrogen-bond donors (Lipinski definition) is 1. The van der Waals surface area contributed by atoms with E-state index in [1.54, 1.807) is 19.1 Å². The minimum atomic E-state index is -4.34. The van der Waals surface area contributed by atoms with Crippen molar-refractivity contribution in [2.24, 2.45) is 0 Å². The smallest absolute Gasteiger partial charge is 0.411 e. The summed E-state index contributed by atoms with van der Waals surface area (Å²) in [6.07, 6.45) is -2.37. The van der Waals surface area contributed by atoms with Crippen LogP contribution in [-0.2, 0) is 4.74 Å². The zero-order chi connectivity index (χ0) is 23.0. The average molecular weight is 439 g/mol. The van der Waals surface area contributed by atoms with Crippen molar-refractivity contribution >= 4 is 5.57 Å². The van der Waals surface area contributed by atoms with E-state index in [2.05, 4.69) is 0 Å². The summed E-state index contributed by atoms with van der Waals surface area (Å²) in [5.74, 6) is -0.0556. The first-order chi connectivity index (χ1) is 14.6. The lowest BCUT2D eigenvalue weighted by Crippen LogP contribution is -2.23. The number of allylic oxidation sites excluding steroid dienone is 2. The number of hydrogen-bond acceptors (Lipinski definition) is 2. The van der Waals surface area contributed by atoms with Gasteiger partial charge in [-0.05, 0) is 78.6 Å². The third kappa shape index (κ3) is 7.69. The SMILES string of the molecule is CCC(=C(O)CCCC(CC)OCC(F)(F)F)c1cc(-c2ccc(F)cc2)ccc1C. The number of benzene rings is 2. The number of rotatable bonds is 10. The van der Waals surface area contributed by atoms with E-state index < -0.39 is 18.9 Å². The van der Waals surface area contributed by atoms with Crippen LogP contribution < -0.4 is 0 Å². The van der Waals surface area contributed by atoms with Crippen LogP contribution in [-0.4, -0.2) is 24.0 Å². The molecule has 0 radical (unpaired) electrons. The number of aliphatic hydroxyl groups is 1. The first-order valence-corrected chi connectivity index (χ1v) is 10.6. The predicted octanol–water partition coefficient (Wildman–Crippen LogP) is 8.01. The van der Waals surface area contributed by atoms with Crippen LogP contribution in [0.5, 0.6) is 0 Å². The van der Waals surface area contributed by atoms with Gasteiger partial charge in [-0.2, -0.15) is 13.2 Å². The van der Waals surface area contributed by atoms with Gasteiger partial charge < -0.3 is 9.84 Å². The van der Waals surface area contributed by atoms with Gasteiger partial charge in [0.05, 0.1) is 11.9 Å². The standard InChI is InChI=1S/C25H30F4O2/c1-4-21(31-16-25(27,28)29)7-6-8-24(30)22(5-2)23-15-19(10-9-17(23)3)18-11-13-20(26)14-12-18/h9-15,21,30H,4-8,16H2,1-3H3. The Morgan fingerprint density at radius 3 is 2.26 bits per heavy atom. The van der Waals surface area contributed by atoms with Crippen LogP contribution >= 0.6 is 0 Å². The van der Waals surface area contributed by atoms with Crippen molar-refractivity contribution in [1.82, 2.24) is 0 Å². The van der Waals surface area contributed by atoms with Crippen molar-refractivity contribution in [2.45, 2.75) is 65.2 Å². The fraction of sp³-hybridized carbons (Fsp3) is 0.440. The molecule has 1 unspecified atom stereocenters. The molecule has 2 aromatic carbocycles. The summed E-state index contributed by atoms with van der Waals surface area (Å²) in [4.78, 5) is 0. The molecule has 31 heavy (non-hydrogen) atoms. The maximum atomic E-state index is 13.2. The average Bonchev–Trinajstić information content (AvgIpc) is 2.72. The van der Waals surface area contributed by atoms with E-state index in [1.165, 1.54) is 12.1 Å². The number of aryl methyl sites for hydroxylation is 1. The zero-order valence-corrected chi connectivity index (χ0v) is 18.2. The van der Waals surface area contributed by atoms with Crippen molar-refractivity contribution in [3.05, 3.63) is 65.2 Å². The molecule has 0 heterocycles. The highest BCUT2D eigenvalue weighted by molar-refractivity contribution is 5.75. The molecule has 0 spiro atoms. The van der Waals surface area contributed by atoms with Crippen LogP contribution in [0.25, 0.3) is 16.7 Å². The Morgan fingerprint density at radius 2 is 1.68 bits per heavy atom. The Morgan fingerprint density at radius 1 is 1.03 bits per heavy atom. The molecule has 0 fully saturated rings. The fourth-order valence-corrected chi connectivity index (χ4v) is 3.58. The van der Waals surface area contributed by atoms with Crippen LogP contribution in [0.15, 0.2) is 48.2 Å². The molecule has 0 saturated carbocycles. The quantitative estimate of drug-likeness (QED) is 0.301. The Hall–Kier alpha value is -2.34. The lowest BCUT2D eigenvalue weighted by Gasteiger charge is -2.18. The van der Waals surface area contributed by atoms with Gasteiger partial charge >= 0.3 is 6.18 Å². The van der Waals surface area contributed by atoms with Crippen LogP contribution in [0.2, 0.25) is 0 Å². The second kappa shape index (κ2) is 11.3. The van der Waals surface area contributed by atoms with Crippen LogP contribution in [0, 0.1) is 12.7 Å². The van der Waals surface area contributed by atoms with Gasteiger partial charge in [0.1, 0.15) is 12.4 Å². The molecule has 170 valence electrons. The van der Waals surface area contributed by atoms with E-state index >= 15 is 0 Å². The summed E-state index contributed by atoms with van der Waals surface area (Å²) >= 11 is 0. The number of alkyl halides is 3. The summed E-state index contributed by atoms with van der Waals surface area (Å²) in [7, 11) is 0. The normalized spacial score (nSPS) is 13.8. The van der Waals surface area contributed by atoms with Crippen LogP contribution in [0.1, 0.15) is 57.1 Å². The molecule has 0 aliphatic rings. The maximum Gasteiger partial charge on any atom is 0.411 e. The van der Waals surface area contributed by atoms with E-state index in [4.69, 9.17) is 4.74 Å². The van der Waals surface area contributed by atoms with Crippen LogP contribution in [0.3, 0.4) is 0 Å². The number of halogens is 4. The van der Waals surface area contributed by atoms with Gasteiger partial charge in [-0.15, -0.1) is 0 Å². The molecule has 2 aromatic rings. The molecule has 0 aliphatic heterocycles. The zero-order valence-electron chi connectivity index (χ0n) is 18.2.